The van der Waals surface area contributed by atoms with Crippen molar-refractivity contribution in [3.05, 3.63) is 52.5 Å². The van der Waals surface area contributed by atoms with Crippen molar-refractivity contribution in [2.75, 3.05) is 26.1 Å². The van der Waals surface area contributed by atoms with E-state index >= 15 is 0 Å². The summed E-state index contributed by atoms with van der Waals surface area (Å²) in [6, 6.07) is 9.46. The summed E-state index contributed by atoms with van der Waals surface area (Å²) in [5, 5.41) is 6.32. The minimum atomic E-state index is -1.53. The van der Waals surface area contributed by atoms with Gasteiger partial charge in [0.1, 0.15) is 5.54 Å². The van der Waals surface area contributed by atoms with E-state index in [1.54, 1.807) is 30.3 Å². The molecule has 0 bridgehead atoms. The molecule has 2 fully saturated rings. The Kier molecular flexibility index (Phi) is 5.88. The molecular weight excluding hydrogens is 488 g/mol. The topological polar surface area (TPSA) is 140 Å². The monoisotopic (exact) mass is 512 g/mol. The Balaban J connectivity index is 1.49. The van der Waals surface area contributed by atoms with E-state index in [-0.39, 0.29) is 13.0 Å². The number of amides is 4. The van der Waals surface area contributed by atoms with Gasteiger partial charge in [0.05, 0.1) is 26.1 Å². The van der Waals surface area contributed by atoms with Crippen molar-refractivity contribution in [2.45, 2.75) is 24.4 Å². The molecule has 2 saturated heterocycles. The summed E-state index contributed by atoms with van der Waals surface area (Å²) in [5.41, 5.74) is 5.74. The lowest BCUT2D eigenvalue weighted by atomic mass is 9.76. The van der Waals surface area contributed by atoms with Crippen LogP contribution in [0.1, 0.15) is 17.5 Å². The van der Waals surface area contributed by atoms with E-state index in [1.165, 1.54) is 19.1 Å². The number of ether oxygens (including phenoxy) is 2. The number of halogens is 1. The van der Waals surface area contributed by atoms with E-state index < -0.39 is 47.0 Å². The van der Waals surface area contributed by atoms with Gasteiger partial charge in [-0.1, -0.05) is 17.7 Å². The number of carbonyl (C=O) groups excluding carboxylic acids is 4. The molecule has 11 heteroatoms. The van der Waals surface area contributed by atoms with Crippen LogP contribution in [0.25, 0.3) is 0 Å². The van der Waals surface area contributed by atoms with Crippen molar-refractivity contribution < 1.29 is 28.7 Å². The quantitative estimate of drug-likeness (QED) is 0.473. The number of fused-ring (bicyclic) bond motifs is 4. The number of likely N-dealkylation sites (tertiary alicyclic amines) is 1. The molecule has 5 rings (SSSR count). The number of hydrogen-bond acceptors (Lipinski definition) is 7. The zero-order valence-corrected chi connectivity index (χ0v) is 20.4. The predicted octanol–water partition coefficient (Wildman–Crippen LogP) is 1.20. The van der Waals surface area contributed by atoms with Crippen LogP contribution < -0.4 is 25.8 Å². The summed E-state index contributed by atoms with van der Waals surface area (Å²) in [7, 11) is 3.06. The Morgan fingerprint density at radius 3 is 2.53 bits per heavy atom. The van der Waals surface area contributed by atoms with Gasteiger partial charge in [0.25, 0.3) is 0 Å². The van der Waals surface area contributed by atoms with Crippen LogP contribution in [0.3, 0.4) is 0 Å². The second-order valence-electron chi connectivity index (χ2n) is 9.14. The van der Waals surface area contributed by atoms with Crippen molar-refractivity contribution in [1.29, 1.82) is 0 Å². The lowest BCUT2D eigenvalue weighted by Gasteiger charge is -2.29. The Hall–Kier alpha value is -3.63. The first-order valence-electron chi connectivity index (χ1n) is 11.4. The highest BCUT2D eigenvalue weighted by molar-refractivity contribution is 6.31. The number of nitrogens with zero attached hydrogens (tertiary/aromatic N) is 1. The number of benzene rings is 2. The summed E-state index contributed by atoms with van der Waals surface area (Å²) in [6.07, 6.45) is 0.168. The zero-order valence-electron chi connectivity index (χ0n) is 19.7. The molecule has 2 aromatic rings. The average Bonchev–Trinajstić information content (AvgIpc) is 3.41. The highest BCUT2D eigenvalue weighted by atomic mass is 35.5. The normalized spacial score (nSPS) is 26.2. The van der Waals surface area contributed by atoms with Crippen LogP contribution in [0.2, 0.25) is 5.02 Å². The third-order valence-electron chi connectivity index (χ3n) is 7.26. The summed E-state index contributed by atoms with van der Waals surface area (Å²) < 4.78 is 10.6. The first-order valence-corrected chi connectivity index (χ1v) is 11.8. The van der Waals surface area contributed by atoms with Crippen LogP contribution in [0.5, 0.6) is 11.5 Å². The van der Waals surface area contributed by atoms with Gasteiger partial charge < -0.3 is 20.5 Å². The molecule has 4 atom stereocenters. The van der Waals surface area contributed by atoms with Gasteiger partial charge in [0, 0.05) is 35.3 Å². The number of nitrogens with one attached hydrogen (secondary N) is 2. The maximum absolute atomic E-state index is 13.8. The van der Waals surface area contributed by atoms with Crippen LogP contribution in [0, 0.1) is 11.8 Å². The molecule has 3 aliphatic heterocycles. The Bertz CT molecular complexity index is 1300. The fraction of sp³-hybridized carbons (Fsp3) is 0.360. The number of hydrogen-bond donors (Lipinski definition) is 3. The third kappa shape index (κ3) is 3.51. The number of primary amides is 1. The van der Waals surface area contributed by atoms with Crippen LogP contribution in [0.15, 0.2) is 36.4 Å². The SMILES string of the molecule is COc1ccc(CCN2C(=O)[C@H]3[C@@H](CC(N)=O)N[C@@]4(C(=O)Nc5ccc(Cl)cc54)[C@H]3C2=O)cc1OC. The molecule has 36 heavy (non-hydrogen) atoms. The second-order valence-corrected chi connectivity index (χ2v) is 9.58. The van der Waals surface area contributed by atoms with Crippen molar-refractivity contribution >= 4 is 40.9 Å². The second kappa shape index (κ2) is 8.79. The predicted molar refractivity (Wildman–Crippen MR) is 129 cm³/mol. The number of carbonyl (C=O) groups is 4. The molecular formula is C25H25ClN4O6. The van der Waals surface area contributed by atoms with Gasteiger partial charge in [-0.05, 0) is 42.3 Å². The highest BCUT2D eigenvalue weighted by Crippen LogP contribution is 2.53. The number of methoxy groups -OCH3 is 2. The van der Waals surface area contributed by atoms with Gasteiger partial charge >= 0.3 is 0 Å². The molecule has 188 valence electrons. The van der Waals surface area contributed by atoms with Crippen LogP contribution >= 0.6 is 11.6 Å². The zero-order chi connectivity index (χ0) is 25.8. The molecule has 0 aliphatic carbocycles. The summed E-state index contributed by atoms with van der Waals surface area (Å²) in [4.78, 5) is 53.7. The van der Waals surface area contributed by atoms with Gasteiger partial charge in [-0.25, -0.2) is 0 Å². The van der Waals surface area contributed by atoms with Gasteiger partial charge in [0.2, 0.25) is 23.6 Å². The van der Waals surface area contributed by atoms with Crippen LogP contribution in [0.4, 0.5) is 5.69 Å². The molecule has 0 unspecified atom stereocenters. The molecule has 3 aliphatic rings. The van der Waals surface area contributed by atoms with Gasteiger partial charge in [-0.3, -0.25) is 29.4 Å². The van der Waals surface area contributed by atoms with E-state index in [9.17, 15) is 19.2 Å². The molecule has 0 aromatic heterocycles. The Morgan fingerprint density at radius 2 is 1.83 bits per heavy atom. The molecule has 4 amide bonds. The maximum Gasteiger partial charge on any atom is 0.250 e. The minimum Gasteiger partial charge on any atom is -0.493 e. The van der Waals surface area contributed by atoms with E-state index in [0.717, 1.165) is 5.56 Å². The summed E-state index contributed by atoms with van der Waals surface area (Å²) in [6.45, 7) is 0.101. The van der Waals surface area contributed by atoms with E-state index in [4.69, 9.17) is 26.8 Å². The molecule has 3 heterocycles. The van der Waals surface area contributed by atoms with Crippen molar-refractivity contribution in [3.8, 4) is 11.5 Å². The smallest absolute Gasteiger partial charge is 0.250 e. The number of nitrogens with two attached hydrogens (primary N) is 1. The van der Waals surface area contributed by atoms with Crippen molar-refractivity contribution in [1.82, 2.24) is 10.2 Å². The molecule has 0 saturated carbocycles. The fourth-order valence-electron chi connectivity index (χ4n) is 5.72. The highest BCUT2D eigenvalue weighted by Gasteiger charge is 2.70. The first-order chi connectivity index (χ1) is 17.2. The molecule has 10 nitrogen and oxygen atoms in total. The molecule has 1 spiro atoms. The lowest BCUT2D eigenvalue weighted by Crippen LogP contribution is -2.53. The lowest BCUT2D eigenvalue weighted by molar-refractivity contribution is -0.142. The average molecular weight is 513 g/mol. The number of imide groups is 1. The van der Waals surface area contributed by atoms with Crippen LogP contribution in [-0.2, 0) is 31.1 Å². The Morgan fingerprint density at radius 1 is 1.08 bits per heavy atom. The fourth-order valence-corrected chi connectivity index (χ4v) is 5.89. The molecule has 4 N–H and O–H groups in total. The van der Waals surface area contributed by atoms with Gasteiger partial charge in [-0.2, -0.15) is 0 Å². The van der Waals surface area contributed by atoms with E-state index in [0.29, 0.717) is 34.2 Å². The Labute approximate surface area is 212 Å². The minimum absolute atomic E-state index is 0.101. The first kappa shape index (κ1) is 24.1. The summed E-state index contributed by atoms with van der Waals surface area (Å²) in [5.74, 6) is -2.90. The largest absolute Gasteiger partial charge is 0.493 e. The van der Waals surface area contributed by atoms with Gasteiger partial charge in [0.15, 0.2) is 11.5 Å². The third-order valence-corrected chi connectivity index (χ3v) is 7.50. The summed E-state index contributed by atoms with van der Waals surface area (Å²) >= 11 is 6.23. The van der Waals surface area contributed by atoms with E-state index in [1.807, 2.05) is 6.07 Å². The van der Waals surface area contributed by atoms with Gasteiger partial charge in [-0.15, -0.1) is 0 Å². The number of anilines is 1. The molecule has 0 radical (unpaired) electrons. The van der Waals surface area contributed by atoms with E-state index in [2.05, 4.69) is 10.6 Å². The van der Waals surface area contributed by atoms with Crippen molar-refractivity contribution in [3.63, 3.8) is 0 Å². The maximum atomic E-state index is 13.8. The standard InChI is InChI=1S/C25H25ClN4O6/c1-35-17-6-3-12(9-18(17)36-2)7-8-30-22(32)20-16(11-19(27)31)29-25(21(20)23(30)33)14-10-13(26)4-5-15(14)28-24(25)34/h3-6,9-10,16,20-21,29H,7-8,11H2,1-2H3,(H2,27,31)(H,28,34)/t16-,20+,21-,25-/m1/s1. The van der Waals surface area contributed by atoms with Crippen LogP contribution in [-0.4, -0.2) is 55.3 Å². The molecule has 2 aromatic carbocycles. The number of rotatable bonds is 7. The van der Waals surface area contributed by atoms with Crippen molar-refractivity contribution in [2.24, 2.45) is 17.6 Å².